The third-order valence-corrected chi connectivity index (χ3v) is 5.27. The molecule has 1 aromatic rings. The molecule has 0 saturated heterocycles. The van der Waals surface area contributed by atoms with Crippen LogP contribution < -0.4 is 0 Å². The van der Waals surface area contributed by atoms with Crippen molar-refractivity contribution in [2.24, 2.45) is 0 Å². The van der Waals surface area contributed by atoms with E-state index in [9.17, 15) is 8.42 Å². The summed E-state index contributed by atoms with van der Waals surface area (Å²) in [6, 6.07) is 0. The normalized spacial score (nSPS) is 13.1. The van der Waals surface area contributed by atoms with Crippen LogP contribution in [-0.4, -0.2) is 29.4 Å². The minimum absolute atomic E-state index is 0.493. The fraction of sp³-hybridized carbons (Fsp3) is 0.778. The molecule has 1 rings (SSSR count). The molecule has 0 aliphatic rings. The molecular formula is C9H16BrN3O2S. The highest BCUT2D eigenvalue weighted by molar-refractivity contribution is 9.08. The number of hydrogen-bond acceptors (Lipinski definition) is 4. The highest BCUT2D eigenvalue weighted by Gasteiger charge is 2.37. The van der Waals surface area contributed by atoms with Crippen LogP contribution in [0.25, 0.3) is 0 Å². The minimum atomic E-state index is -3.22. The fourth-order valence-electron chi connectivity index (χ4n) is 1.38. The largest absolute Gasteiger partial charge is 0.313 e. The number of nitrogens with zero attached hydrogens (tertiary/aromatic N) is 3. The molecule has 5 nitrogen and oxygen atoms in total. The molecule has 0 aromatic carbocycles. The quantitative estimate of drug-likeness (QED) is 0.790. The number of alkyl halides is 1. The smallest absolute Gasteiger partial charge is 0.159 e. The molecular weight excluding hydrogens is 294 g/mol. The van der Waals surface area contributed by atoms with E-state index in [0.29, 0.717) is 17.7 Å². The number of aromatic nitrogens is 3. The molecule has 0 unspecified atom stereocenters. The number of halogens is 1. The van der Waals surface area contributed by atoms with Gasteiger partial charge in [0.05, 0.1) is 5.33 Å². The van der Waals surface area contributed by atoms with Crippen LogP contribution >= 0.6 is 15.9 Å². The van der Waals surface area contributed by atoms with Gasteiger partial charge in [0.15, 0.2) is 15.7 Å². The summed E-state index contributed by atoms with van der Waals surface area (Å²) in [5, 5.41) is 8.55. The van der Waals surface area contributed by atoms with Crippen molar-refractivity contribution in [3.63, 3.8) is 0 Å². The maximum Gasteiger partial charge on any atom is 0.159 e. The fourth-order valence-corrected chi connectivity index (χ4v) is 2.28. The summed E-state index contributed by atoms with van der Waals surface area (Å²) in [4.78, 5) is 0. The Morgan fingerprint density at radius 3 is 2.31 bits per heavy atom. The molecule has 0 saturated carbocycles. The monoisotopic (exact) mass is 309 g/mol. The van der Waals surface area contributed by atoms with E-state index in [1.165, 1.54) is 6.26 Å². The van der Waals surface area contributed by atoms with Crippen LogP contribution in [0.1, 0.15) is 32.4 Å². The summed E-state index contributed by atoms with van der Waals surface area (Å²) in [6.45, 7) is 5.90. The standard InChI is InChI=1S/C9H16BrN3O2S/c1-5-13-7(6-10)11-12-8(13)9(2,3)16(4,14)15/h5-6H2,1-4H3. The zero-order valence-corrected chi connectivity index (χ0v) is 12.3. The molecule has 16 heavy (non-hydrogen) atoms. The molecule has 7 heteroatoms. The van der Waals surface area contributed by atoms with E-state index < -0.39 is 14.6 Å². The molecule has 92 valence electrons. The summed E-state index contributed by atoms with van der Waals surface area (Å²) in [5.41, 5.74) is 0. The van der Waals surface area contributed by atoms with E-state index in [0.717, 1.165) is 5.82 Å². The lowest BCUT2D eigenvalue weighted by molar-refractivity contribution is 0.530. The molecule has 0 spiro atoms. The van der Waals surface area contributed by atoms with Gasteiger partial charge in [-0.3, -0.25) is 0 Å². The van der Waals surface area contributed by atoms with Crippen molar-refractivity contribution in [2.75, 3.05) is 6.26 Å². The first kappa shape index (κ1) is 13.6. The van der Waals surface area contributed by atoms with E-state index in [-0.39, 0.29) is 0 Å². The van der Waals surface area contributed by atoms with Crippen molar-refractivity contribution in [3.05, 3.63) is 11.6 Å². The van der Waals surface area contributed by atoms with Gasteiger partial charge in [0.2, 0.25) is 0 Å². The second kappa shape index (κ2) is 4.44. The molecule has 0 radical (unpaired) electrons. The van der Waals surface area contributed by atoms with E-state index in [4.69, 9.17) is 0 Å². The first-order valence-corrected chi connectivity index (χ1v) is 7.95. The van der Waals surface area contributed by atoms with Crippen molar-refractivity contribution < 1.29 is 8.42 Å². The van der Waals surface area contributed by atoms with Crippen molar-refractivity contribution >= 4 is 25.8 Å². The Morgan fingerprint density at radius 1 is 1.38 bits per heavy atom. The van der Waals surface area contributed by atoms with E-state index in [1.54, 1.807) is 13.8 Å². The van der Waals surface area contributed by atoms with Crippen LogP contribution in [0.2, 0.25) is 0 Å². The number of hydrogen-bond donors (Lipinski definition) is 0. The summed E-state index contributed by atoms with van der Waals surface area (Å²) >= 11 is 3.31. The van der Waals surface area contributed by atoms with Crippen LogP contribution in [0.3, 0.4) is 0 Å². The number of sulfone groups is 1. The Hall–Kier alpha value is -0.430. The van der Waals surface area contributed by atoms with E-state index >= 15 is 0 Å². The summed E-state index contributed by atoms with van der Waals surface area (Å²) in [7, 11) is -3.22. The zero-order valence-electron chi connectivity index (χ0n) is 9.86. The highest BCUT2D eigenvalue weighted by atomic mass is 79.9. The molecule has 0 amide bonds. The molecule has 0 bridgehead atoms. The van der Waals surface area contributed by atoms with Crippen LogP contribution in [0.4, 0.5) is 0 Å². The molecule has 0 aliphatic heterocycles. The first-order valence-electron chi connectivity index (χ1n) is 4.93. The van der Waals surface area contributed by atoms with Gasteiger partial charge in [0, 0.05) is 12.8 Å². The van der Waals surface area contributed by atoms with Gasteiger partial charge < -0.3 is 4.57 Å². The second-order valence-electron chi connectivity index (χ2n) is 4.10. The Labute approximate surface area is 104 Å². The maximum absolute atomic E-state index is 11.7. The summed E-state index contributed by atoms with van der Waals surface area (Å²) in [5.74, 6) is 1.24. The summed E-state index contributed by atoms with van der Waals surface area (Å²) in [6.07, 6.45) is 1.22. The van der Waals surface area contributed by atoms with Crippen molar-refractivity contribution in [1.82, 2.24) is 14.8 Å². The van der Waals surface area contributed by atoms with Crippen molar-refractivity contribution in [2.45, 2.75) is 37.4 Å². The average molecular weight is 310 g/mol. The Bertz CT molecular complexity index is 479. The molecule has 0 aliphatic carbocycles. The van der Waals surface area contributed by atoms with E-state index in [1.807, 2.05) is 11.5 Å². The van der Waals surface area contributed by atoms with Crippen LogP contribution in [0.15, 0.2) is 0 Å². The Morgan fingerprint density at radius 2 is 1.94 bits per heavy atom. The van der Waals surface area contributed by atoms with Gasteiger partial charge in [-0.05, 0) is 20.8 Å². The Balaban J connectivity index is 3.39. The third kappa shape index (κ3) is 2.15. The lowest BCUT2D eigenvalue weighted by Gasteiger charge is -2.22. The average Bonchev–Trinajstić information content (AvgIpc) is 2.58. The van der Waals surface area contributed by atoms with E-state index in [2.05, 4.69) is 26.1 Å². The highest BCUT2D eigenvalue weighted by Crippen LogP contribution is 2.28. The molecule has 0 atom stereocenters. The van der Waals surface area contributed by atoms with Gasteiger partial charge in [-0.15, -0.1) is 10.2 Å². The third-order valence-electron chi connectivity index (χ3n) is 2.73. The van der Waals surface area contributed by atoms with Crippen molar-refractivity contribution in [3.8, 4) is 0 Å². The predicted molar refractivity (Wildman–Crippen MR) is 66.2 cm³/mol. The first-order chi connectivity index (χ1) is 7.25. The lowest BCUT2D eigenvalue weighted by atomic mass is 10.2. The lowest BCUT2D eigenvalue weighted by Crippen LogP contribution is -2.32. The maximum atomic E-state index is 11.7. The second-order valence-corrected chi connectivity index (χ2v) is 7.23. The van der Waals surface area contributed by atoms with Gasteiger partial charge in [0.25, 0.3) is 0 Å². The SMILES string of the molecule is CCn1c(CBr)nnc1C(C)(C)S(C)(=O)=O. The van der Waals surface area contributed by atoms with Gasteiger partial charge in [0.1, 0.15) is 10.6 Å². The zero-order chi connectivity index (χ0) is 12.6. The van der Waals surface area contributed by atoms with Crippen LogP contribution in [0, 0.1) is 0 Å². The Kier molecular flexibility index (Phi) is 3.79. The predicted octanol–water partition coefficient (Wildman–Crippen LogP) is 1.47. The molecule has 0 fully saturated rings. The molecule has 1 heterocycles. The van der Waals surface area contributed by atoms with Gasteiger partial charge in [-0.2, -0.15) is 0 Å². The summed E-state index contributed by atoms with van der Waals surface area (Å²) < 4.78 is 24.3. The molecule has 0 N–H and O–H groups in total. The molecule has 1 aromatic heterocycles. The van der Waals surface area contributed by atoms with Crippen molar-refractivity contribution in [1.29, 1.82) is 0 Å². The van der Waals surface area contributed by atoms with Gasteiger partial charge in [-0.1, -0.05) is 15.9 Å². The van der Waals surface area contributed by atoms with Crippen LogP contribution in [-0.2, 0) is 26.5 Å². The van der Waals surface area contributed by atoms with Gasteiger partial charge in [-0.25, -0.2) is 8.42 Å². The number of rotatable bonds is 4. The van der Waals surface area contributed by atoms with Gasteiger partial charge >= 0.3 is 0 Å². The minimum Gasteiger partial charge on any atom is -0.313 e. The van der Waals surface area contributed by atoms with Crippen LogP contribution in [0.5, 0.6) is 0 Å². The topological polar surface area (TPSA) is 64.8 Å².